The first-order valence-electron chi connectivity index (χ1n) is 8.74. The number of ketones is 1. The number of carbonyl (C=O) groups excluding carboxylic acids is 1. The van der Waals surface area contributed by atoms with Crippen molar-refractivity contribution in [1.82, 2.24) is 4.31 Å². The number of carbonyl (C=O) groups is 1. The van der Waals surface area contributed by atoms with Crippen molar-refractivity contribution >= 4 is 15.8 Å². The second-order valence-electron chi connectivity index (χ2n) is 6.68. The summed E-state index contributed by atoms with van der Waals surface area (Å²) in [6.07, 6.45) is 0. The van der Waals surface area contributed by atoms with Crippen LogP contribution in [0.5, 0.6) is 0 Å². The van der Waals surface area contributed by atoms with E-state index in [4.69, 9.17) is 0 Å². The molecule has 0 spiro atoms. The molecule has 27 heavy (non-hydrogen) atoms. The van der Waals surface area contributed by atoms with Crippen molar-refractivity contribution in [3.63, 3.8) is 0 Å². The molecule has 1 heterocycles. The number of sulfonamides is 1. The minimum Gasteiger partial charge on any atom is -0.292 e. The van der Waals surface area contributed by atoms with Gasteiger partial charge in [-0.25, -0.2) is 8.42 Å². The Balaban J connectivity index is 1.75. The molecule has 1 saturated heterocycles. The van der Waals surface area contributed by atoms with E-state index in [1.807, 2.05) is 43.3 Å². The fraction of sp³-hybridized carbons (Fsp3) is 0.136. The maximum atomic E-state index is 13.2. The molecule has 1 aliphatic rings. The summed E-state index contributed by atoms with van der Waals surface area (Å²) < 4.78 is 27.7. The van der Waals surface area contributed by atoms with Crippen LogP contribution in [0.2, 0.25) is 0 Å². The fourth-order valence-electron chi connectivity index (χ4n) is 3.35. The molecule has 5 heteroatoms. The zero-order valence-corrected chi connectivity index (χ0v) is 15.6. The van der Waals surface area contributed by atoms with Gasteiger partial charge in [0, 0.05) is 5.56 Å². The summed E-state index contributed by atoms with van der Waals surface area (Å²) in [7, 11) is -3.77. The molecule has 3 aromatic rings. The van der Waals surface area contributed by atoms with Crippen molar-refractivity contribution < 1.29 is 13.2 Å². The van der Waals surface area contributed by atoms with Gasteiger partial charge < -0.3 is 0 Å². The van der Waals surface area contributed by atoms with Gasteiger partial charge >= 0.3 is 0 Å². The minimum atomic E-state index is -3.77. The van der Waals surface area contributed by atoms with Crippen molar-refractivity contribution in [3.8, 4) is 0 Å². The van der Waals surface area contributed by atoms with Gasteiger partial charge in [-0.1, -0.05) is 78.4 Å². The molecule has 0 aliphatic carbocycles. The molecule has 0 N–H and O–H groups in total. The molecular formula is C22H19NO3S. The highest BCUT2D eigenvalue weighted by molar-refractivity contribution is 7.89. The predicted octanol–water partition coefficient (Wildman–Crippen LogP) is 3.99. The molecule has 0 bridgehead atoms. The Bertz CT molecular complexity index is 1060. The van der Waals surface area contributed by atoms with E-state index in [2.05, 4.69) is 0 Å². The van der Waals surface area contributed by atoms with Crippen LogP contribution in [0.3, 0.4) is 0 Å². The van der Waals surface area contributed by atoms with Crippen molar-refractivity contribution in [2.24, 2.45) is 0 Å². The topological polar surface area (TPSA) is 54.2 Å². The molecule has 0 saturated carbocycles. The number of Topliss-reactive ketones (excluding diaryl/α,β-unsaturated/α-hetero) is 1. The van der Waals surface area contributed by atoms with E-state index < -0.39 is 22.1 Å². The lowest BCUT2D eigenvalue weighted by Gasteiger charge is -2.07. The van der Waals surface area contributed by atoms with Crippen molar-refractivity contribution in [3.05, 3.63) is 102 Å². The van der Waals surface area contributed by atoms with Crippen LogP contribution in [-0.4, -0.2) is 24.5 Å². The molecule has 0 amide bonds. The van der Waals surface area contributed by atoms with Crippen molar-refractivity contribution in [2.75, 3.05) is 0 Å². The molecule has 1 aliphatic heterocycles. The van der Waals surface area contributed by atoms with Gasteiger partial charge in [0.15, 0.2) is 5.78 Å². The smallest absolute Gasteiger partial charge is 0.244 e. The third kappa shape index (κ3) is 3.20. The van der Waals surface area contributed by atoms with Crippen LogP contribution in [0.4, 0.5) is 0 Å². The maximum Gasteiger partial charge on any atom is 0.244 e. The first kappa shape index (κ1) is 17.6. The Morgan fingerprint density at radius 2 is 1.37 bits per heavy atom. The van der Waals surface area contributed by atoms with E-state index in [0.29, 0.717) is 5.56 Å². The lowest BCUT2D eigenvalue weighted by molar-refractivity contribution is 0.0981. The normalized spacial score (nSPS) is 21.6. The van der Waals surface area contributed by atoms with E-state index >= 15 is 0 Å². The molecule has 4 rings (SSSR count). The highest BCUT2D eigenvalue weighted by atomic mass is 32.2. The third-order valence-electron chi connectivity index (χ3n) is 4.82. The second kappa shape index (κ2) is 6.76. The van der Waals surface area contributed by atoms with E-state index in [1.54, 1.807) is 48.5 Å². The SMILES string of the molecule is Cc1ccc(S(=O)(=O)N2[C@H](C(=O)c3ccccc3)[C@H]2c2ccccc2)cc1. The Morgan fingerprint density at radius 1 is 0.815 bits per heavy atom. The second-order valence-corrected chi connectivity index (χ2v) is 8.52. The summed E-state index contributed by atoms with van der Waals surface area (Å²) in [5.74, 6) is -0.180. The van der Waals surface area contributed by atoms with Crippen LogP contribution >= 0.6 is 0 Å². The van der Waals surface area contributed by atoms with Crippen LogP contribution in [0, 0.1) is 6.92 Å². The van der Waals surface area contributed by atoms with Crippen LogP contribution < -0.4 is 0 Å². The van der Waals surface area contributed by atoms with Crippen LogP contribution in [0.25, 0.3) is 0 Å². The van der Waals surface area contributed by atoms with Gasteiger partial charge in [0.1, 0.15) is 6.04 Å². The lowest BCUT2D eigenvalue weighted by Crippen LogP contribution is -2.19. The van der Waals surface area contributed by atoms with E-state index in [-0.39, 0.29) is 10.7 Å². The molecule has 0 aromatic heterocycles. The molecule has 1 unspecified atom stereocenters. The first-order chi connectivity index (χ1) is 13.0. The monoisotopic (exact) mass is 377 g/mol. The number of aryl methyl sites for hydroxylation is 1. The zero-order chi connectivity index (χ0) is 19.0. The molecule has 3 aromatic carbocycles. The summed E-state index contributed by atoms with van der Waals surface area (Å²) >= 11 is 0. The summed E-state index contributed by atoms with van der Waals surface area (Å²) in [5.41, 5.74) is 2.32. The average Bonchev–Trinajstić information content (AvgIpc) is 3.46. The quantitative estimate of drug-likeness (QED) is 0.499. The summed E-state index contributed by atoms with van der Waals surface area (Å²) in [5, 5.41) is 0. The Kier molecular flexibility index (Phi) is 4.42. The summed E-state index contributed by atoms with van der Waals surface area (Å²) in [6.45, 7) is 1.91. The molecule has 136 valence electrons. The number of nitrogens with zero attached hydrogens (tertiary/aromatic N) is 1. The first-order valence-corrected chi connectivity index (χ1v) is 10.2. The van der Waals surface area contributed by atoms with Gasteiger partial charge in [-0.05, 0) is 24.6 Å². The molecule has 4 nitrogen and oxygen atoms in total. The highest BCUT2D eigenvalue weighted by Gasteiger charge is 2.60. The van der Waals surface area contributed by atoms with Gasteiger partial charge in [0.05, 0.1) is 10.9 Å². The number of hydrogen-bond donors (Lipinski definition) is 0. The van der Waals surface area contributed by atoms with Gasteiger partial charge in [-0.3, -0.25) is 4.79 Å². The predicted molar refractivity (Wildman–Crippen MR) is 104 cm³/mol. The average molecular weight is 377 g/mol. The van der Waals surface area contributed by atoms with Gasteiger partial charge in [0.2, 0.25) is 10.0 Å². The number of rotatable bonds is 5. The van der Waals surface area contributed by atoms with Crippen LogP contribution in [0.1, 0.15) is 27.5 Å². The Labute approximate surface area is 159 Å². The fourth-order valence-corrected chi connectivity index (χ4v) is 5.07. The zero-order valence-electron chi connectivity index (χ0n) is 14.8. The largest absolute Gasteiger partial charge is 0.292 e. The van der Waals surface area contributed by atoms with Gasteiger partial charge in [-0.2, -0.15) is 4.31 Å². The van der Waals surface area contributed by atoms with Crippen LogP contribution in [-0.2, 0) is 10.0 Å². The molecule has 3 atom stereocenters. The van der Waals surface area contributed by atoms with Gasteiger partial charge in [-0.15, -0.1) is 0 Å². The molecule has 0 radical (unpaired) electrons. The summed E-state index contributed by atoms with van der Waals surface area (Å²) in [6, 6.07) is 23.7. The standard InChI is InChI=1S/C22H19NO3S/c1-16-12-14-19(15-13-16)27(25,26)23-20(17-8-4-2-5-9-17)21(23)22(24)18-10-6-3-7-11-18/h2-15,20-21H,1H3/t20-,21+,23?/m1/s1. The number of hydrogen-bond acceptors (Lipinski definition) is 3. The minimum absolute atomic E-state index is 0.180. The van der Waals surface area contributed by atoms with Crippen molar-refractivity contribution in [2.45, 2.75) is 23.9 Å². The maximum absolute atomic E-state index is 13.2. The van der Waals surface area contributed by atoms with Crippen LogP contribution in [0.15, 0.2) is 89.8 Å². The molecular weight excluding hydrogens is 358 g/mol. The number of benzene rings is 3. The van der Waals surface area contributed by atoms with Crippen molar-refractivity contribution in [1.29, 1.82) is 0 Å². The Hall–Kier alpha value is -2.76. The van der Waals surface area contributed by atoms with E-state index in [9.17, 15) is 13.2 Å². The highest BCUT2D eigenvalue weighted by Crippen LogP contribution is 2.48. The summed E-state index contributed by atoms with van der Waals surface area (Å²) in [4.78, 5) is 13.2. The lowest BCUT2D eigenvalue weighted by atomic mass is 10.0. The van der Waals surface area contributed by atoms with Gasteiger partial charge in [0.25, 0.3) is 0 Å². The molecule has 1 fully saturated rings. The third-order valence-corrected chi connectivity index (χ3v) is 6.70. The van der Waals surface area contributed by atoms with E-state index in [1.165, 1.54) is 4.31 Å². The van der Waals surface area contributed by atoms with E-state index in [0.717, 1.165) is 11.1 Å². The Morgan fingerprint density at radius 3 is 1.96 bits per heavy atom.